The Kier molecular flexibility index (Phi) is 3.85. The average Bonchev–Trinajstić information content (AvgIpc) is 2.19. The lowest BCUT2D eigenvalue weighted by atomic mass is 10.1. The van der Waals surface area contributed by atoms with Gasteiger partial charge in [-0.15, -0.1) is 3.89 Å². The Hall–Kier alpha value is -0.990. The van der Waals surface area contributed by atoms with Gasteiger partial charge in [0.25, 0.3) is 0 Å². The number of sulfonamides is 1. The highest BCUT2D eigenvalue weighted by atomic mass is 32.3. The summed E-state index contributed by atoms with van der Waals surface area (Å²) in [5, 5.41) is 0. The van der Waals surface area contributed by atoms with Crippen molar-refractivity contribution in [2.24, 2.45) is 0 Å². The van der Waals surface area contributed by atoms with Gasteiger partial charge in [0.1, 0.15) is 4.90 Å². The first-order valence-corrected chi connectivity index (χ1v) is 7.78. The molecule has 102 valence electrons. The van der Waals surface area contributed by atoms with Crippen LogP contribution >= 0.6 is 0 Å². The second kappa shape index (κ2) is 4.60. The van der Waals surface area contributed by atoms with Gasteiger partial charge in [-0.25, -0.2) is 12.7 Å². The molecule has 0 aliphatic carbocycles. The summed E-state index contributed by atoms with van der Waals surface area (Å²) in [4.78, 5) is -0.852. The van der Waals surface area contributed by atoms with Crippen molar-refractivity contribution in [1.82, 2.24) is 4.31 Å². The third-order valence-electron chi connectivity index (χ3n) is 2.63. The molecular formula is C10H14FNO4S2. The van der Waals surface area contributed by atoms with Crippen molar-refractivity contribution in [3.05, 3.63) is 23.3 Å². The van der Waals surface area contributed by atoms with E-state index in [1.165, 1.54) is 34.0 Å². The molecule has 0 bridgehead atoms. The van der Waals surface area contributed by atoms with Crippen LogP contribution in [0.4, 0.5) is 3.89 Å². The molecule has 0 saturated heterocycles. The van der Waals surface area contributed by atoms with Gasteiger partial charge in [-0.2, -0.15) is 8.42 Å². The predicted octanol–water partition coefficient (Wildman–Crippen LogP) is 1.21. The van der Waals surface area contributed by atoms with E-state index < -0.39 is 25.1 Å². The van der Waals surface area contributed by atoms with E-state index >= 15 is 0 Å². The van der Waals surface area contributed by atoms with E-state index in [2.05, 4.69) is 0 Å². The molecule has 0 aliphatic rings. The minimum atomic E-state index is -4.95. The predicted molar refractivity (Wildman–Crippen MR) is 65.1 cm³/mol. The normalized spacial score (nSPS) is 13.0. The molecular weight excluding hydrogens is 281 g/mol. The summed E-state index contributed by atoms with van der Waals surface area (Å²) in [5.41, 5.74) is 0.601. The summed E-state index contributed by atoms with van der Waals surface area (Å²) in [6.07, 6.45) is 0. The summed E-state index contributed by atoms with van der Waals surface area (Å²) in [7, 11) is -6.12. The van der Waals surface area contributed by atoms with Crippen molar-refractivity contribution in [3.63, 3.8) is 0 Å². The second-order valence-corrected chi connectivity index (χ2v) is 7.56. The van der Waals surface area contributed by atoms with Crippen LogP contribution in [-0.4, -0.2) is 35.2 Å². The fraction of sp³-hybridized carbons (Fsp3) is 0.400. The Morgan fingerprint density at radius 1 is 1.06 bits per heavy atom. The molecule has 1 aromatic carbocycles. The van der Waals surface area contributed by atoms with Crippen LogP contribution in [0, 0.1) is 13.8 Å². The summed E-state index contributed by atoms with van der Waals surface area (Å²) in [5.74, 6) is 0. The molecule has 0 heterocycles. The molecule has 0 amide bonds. The monoisotopic (exact) mass is 295 g/mol. The summed E-state index contributed by atoms with van der Waals surface area (Å²) in [6, 6.07) is 2.16. The van der Waals surface area contributed by atoms with Crippen LogP contribution in [0.25, 0.3) is 0 Å². The molecule has 0 unspecified atom stereocenters. The molecule has 0 N–H and O–H groups in total. The van der Waals surface area contributed by atoms with E-state index in [4.69, 9.17) is 0 Å². The summed E-state index contributed by atoms with van der Waals surface area (Å²) >= 11 is 0. The molecule has 0 aliphatic heterocycles. The third-order valence-corrected chi connectivity index (χ3v) is 5.38. The number of nitrogens with zero attached hydrogens (tertiary/aromatic N) is 1. The number of hydrogen-bond donors (Lipinski definition) is 0. The van der Waals surface area contributed by atoms with E-state index in [-0.39, 0.29) is 10.5 Å². The maximum Gasteiger partial charge on any atom is 0.332 e. The molecule has 0 aromatic heterocycles. The molecule has 0 saturated carbocycles. The van der Waals surface area contributed by atoms with E-state index in [0.29, 0.717) is 5.56 Å². The van der Waals surface area contributed by atoms with E-state index in [1.54, 1.807) is 0 Å². The van der Waals surface area contributed by atoms with Crippen LogP contribution in [0.5, 0.6) is 0 Å². The van der Waals surface area contributed by atoms with Gasteiger partial charge in [0.2, 0.25) is 10.0 Å². The maximum absolute atomic E-state index is 13.1. The van der Waals surface area contributed by atoms with Crippen molar-refractivity contribution in [1.29, 1.82) is 0 Å². The largest absolute Gasteiger partial charge is 0.332 e. The summed E-state index contributed by atoms with van der Waals surface area (Å²) < 4.78 is 59.8. The zero-order chi connectivity index (χ0) is 14.3. The molecule has 1 aromatic rings. The molecule has 5 nitrogen and oxygen atoms in total. The molecule has 8 heteroatoms. The second-order valence-electron chi connectivity index (χ2n) is 4.09. The van der Waals surface area contributed by atoms with Crippen LogP contribution in [0.2, 0.25) is 0 Å². The minimum absolute atomic E-state index is 0.204. The Morgan fingerprint density at radius 2 is 1.56 bits per heavy atom. The average molecular weight is 295 g/mol. The van der Waals surface area contributed by atoms with Gasteiger partial charge in [-0.05, 0) is 37.1 Å². The van der Waals surface area contributed by atoms with E-state index in [0.717, 1.165) is 10.4 Å². The standard InChI is InChI=1S/C10H14FNO4S2/c1-7-5-9(18(15,16)12(3)4)6-10(8(7)2)17(11,13)14/h5-6H,1-4H3. The fourth-order valence-electron chi connectivity index (χ4n) is 1.41. The van der Waals surface area contributed by atoms with Gasteiger partial charge < -0.3 is 0 Å². The van der Waals surface area contributed by atoms with Crippen LogP contribution in [0.15, 0.2) is 21.9 Å². The van der Waals surface area contributed by atoms with Gasteiger partial charge in [-0.1, -0.05) is 0 Å². The highest BCUT2D eigenvalue weighted by molar-refractivity contribution is 7.89. The molecule has 0 radical (unpaired) electrons. The Bertz CT molecular complexity index is 678. The first kappa shape index (κ1) is 15.1. The van der Waals surface area contributed by atoms with Crippen LogP contribution < -0.4 is 0 Å². The highest BCUT2D eigenvalue weighted by Crippen LogP contribution is 2.26. The Morgan fingerprint density at radius 3 is 1.94 bits per heavy atom. The summed E-state index contributed by atoms with van der Waals surface area (Å²) in [6.45, 7) is 2.95. The zero-order valence-corrected chi connectivity index (χ0v) is 12.1. The first-order chi connectivity index (χ1) is 7.98. The fourth-order valence-corrected chi connectivity index (χ4v) is 3.29. The van der Waals surface area contributed by atoms with Gasteiger partial charge in [0, 0.05) is 14.1 Å². The minimum Gasteiger partial charge on any atom is -0.207 e. The van der Waals surface area contributed by atoms with Crippen LogP contribution in [0.1, 0.15) is 11.1 Å². The van der Waals surface area contributed by atoms with Crippen molar-refractivity contribution in [3.8, 4) is 0 Å². The topological polar surface area (TPSA) is 71.5 Å². The highest BCUT2D eigenvalue weighted by Gasteiger charge is 2.24. The molecule has 0 atom stereocenters. The smallest absolute Gasteiger partial charge is 0.207 e. The Balaban J connectivity index is 3.69. The molecule has 18 heavy (non-hydrogen) atoms. The lowest BCUT2D eigenvalue weighted by molar-refractivity contribution is 0.520. The number of hydrogen-bond acceptors (Lipinski definition) is 4. The SMILES string of the molecule is Cc1cc(S(=O)(=O)N(C)C)cc(S(=O)(=O)F)c1C. The lowest BCUT2D eigenvalue weighted by Gasteiger charge is -2.14. The van der Waals surface area contributed by atoms with Gasteiger partial charge >= 0.3 is 10.2 Å². The quantitative estimate of drug-likeness (QED) is 0.786. The van der Waals surface area contributed by atoms with E-state index in [9.17, 15) is 20.7 Å². The van der Waals surface area contributed by atoms with Crippen LogP contribution in [0.3, 0.4) is 0 Å². The maximum atomic E-state index is 13.1. The molecule has 0 fully saturated rings. The van der Waals surface area contributed by atoms with Crippen LogP contribution in [-0.2, 0) is 20.2 Å². The third kappa shape index (κ3) is 2.70. The number of rotatable bonds is 3. The number of benzene rings is 1. The zero-order valence-electron chi connectivity index (χ0n) is 10.4. The van der Waals surface area contributed by atoms with Gasteiger partial charge in [0.05, 0.1) is 4.90 Å². The lowest BCUT2D eigenvalue weighted by Crippen LogP contribution is -2.22. The first-order valence-electron chi connectivity index (χ1n) is 4.96. The number of halogens is 1. The van der Waals surface area contributed by atoms with Gasteiger partial charge in [0.15, 0.2) is 0 Å². The molecule has 0 spiro atoms. The van der Waals surface area contributed by atoms with E-state index in [1.807, 2.05) is 0 Å². The number of aryl methyl sites for hydroxylation is 1. The van der Waals surface area contributed by atoms with Crippen molar-refractivity contribution >= 4 is 20.2 Å². The molecule has 1 rings (SSSR count). The van der Waals surface area contributed by atoms with Crippen molar-refractivity contribution < 1.29 is 20.7 Å². The Labute approximate surface area is 106 Å². The van der Waals surface area contributed by atoms with Gasteiger partial charge in [-0.3, -0.25) is 0 Å². The van der Waals surface area contributed by atoms with Crippen molar-refractivity contribution in [2.75, 3.05) is 14.1 Å². The van der Waals surface area contributed by atoms with Crippen molar-refractivity contribution in [2.45, 2.75) is 23.6 Å².